The zero-order valence-corrected chi connectivity index (χ0v) is 21.2. The third-order valence-electron chi connectivity index (χ3n) is 6.23. The van der Waals surface area contributed by atoms with E-state index in [9.17, 15) is 37.1 Å². The van der Waals surface area contributed by atoms with Crippen LogP contribution < -0.4 is 16.4 Å². The molecule has 0 bridgehead atoms. The average Bonchev–Trinajstić information content (AvgIpc) is 3.56. The number of fused-ring (bicyclic) bond motifs is 1. The molecular formula is C24H20F4N8O6. The number of morpholine rings is 1. The van der Waals surface area contributed by atoms with Crippen LogP contribution >= 0.6 is 0 Å². The third kappa shape index (κ3) is 5.70. The van der Waals surface area contributed by atoms with Crippen LogP contribution in [0.4, 0.5) is 33.9 Å². The number of halogens is 4. The van der Waals surface area contributed by atoms with E-state index in [2.05, 4.69) is 20.6 Å². The first-order valence-electron chi connectivity index (χ1n) is 12.1. The van der Waals surface area contributed by atoms with Crippen LogP contribution in [-0.4, -0.2) is 74.1 Å². The van der Waals surface area contributed by atoms with Crippen LogP contribution in [-0.2, 0) is 15.7 Å². The lowest BCUT2D eigenvalue weighted by atomic mass is 10.1. The van der Waals surface area contributed by atoms with E-state index >= 15 is 0 Å². The van der Waals surface area contributed by atoms with Gasteiger partial charge in [0.25, 0.3) is 5.91 Å². The number of primary amides is 1. The Balaban J connectivity index is 1.43. The van der Waals surface area contributed by atoms with Gasteiger partial charge in [-0.05, 0) is 24.3 Å². The minimum atomic E-state index is -4.77. The SMILES string of the molecule is NC(=O)C(N1CCOCC1)n1ncc2c(C(=O)O)cc(-c3cc(NC(=O)Nc4cc(C(F)(F)F)ccc4F)on3)nc21. The van der Waals surface area contributed by atoms with Crippen molar-refractivity contribution >= 4 is 40.5 Å². The number of carbonyl (C=O) groups excluding carboxylic acids is 2. The zero-order chi connectivity index (χ0) is 30.2. The summed E-state index contributed by atoms with van der Waals surface area (Å²) in [6.45, 7) is 1.38. The van der Waals surface area contributed by atoms with Gasteiger partial charge in [0.1, 0.15) is 11.5 Å². The number of rotatable bonds is 7. The molecule has 0 saturated carbocycles. The standard InChI is InChI=1S/C24H20F4N8O6/c25-14-2-1-11(24(26,27)28)7-15(14)32-23(40)33-18-9-17(34-42-18)16-8-12(22(38)39)13-10-30-36(20(13)31-16)21(19(29)37)35-3-5-41-6-4-35/h1-2,7-10,21H,3-6H2,(H2,29,37)(H,38,39)(H2,32,33,40). The molecule has 1 fully saturated rings. The second-order valence-corrected chi connectivity index (χ2v) is 8.96. The van der Waals surface area contributed by atoms with Gasteiger partial charge < -0.3 is 25.4 Å². The Hall–Kier alpha value is -5.10. The highest BCUT2D eigenvalue weighted by Gasteiger charge is 2.32. The molecule has 0 aliphatic carbocycles. The summed E-state index contributed by atoms with van der Waals surface area (Å²) in [5.41, 5.74) is 3.40. The first-order chi connectivity index (χ1) is 19.9. The number of carboxylic acids is 1. The van der Waals surface area contributed by atoms with E-state index in [1.807, 2.05) is 5.32 Å². The molecule has 42 heavy (non-hydrogen) atoms. The molecule has 0 radical (unpaired) electrons. The maximum absolute atomic E-state index is 14.0. The summed E-state index contributed by atoms with van der Waals surface area (Å²) in [6.07, 6.45) is -4.64. The lowest BCUT2D eigenvalue weighted by molar-refractivity contribution is -0.137. The molecule has 4 aromatic rings. The highest BCUT2D eigenvalue weighted by molar-refractivity contribution is 6.03. The molecule has 1 aromatic carbocycles. The van der Waals surface area contributed by atoms with Crippen LogP contribution in [0.1, 0.15) is 22.1 Å². The second-order valence-electron chi connectivity index (χ2n) is 8.96. The lowest BCUT2D eigenvalue weighted by Crippen LogP contribution is -2.47. The van der Waals surface area contributed by atoms with Crippen molar-refractivity contribution in [3.05, 3.63) is 53.5 Å². The molecular weight excluding hydrogens is 572 g/mol. The number of carboxylic acid groups (broad SMARTS) is 1. The topological polar surface area (TPSA) is 191 Å². The number of hydrogen-bond donors (Lipinski definition) is 4. The number of hydrogen-bond acceptors (Lipinski definition) is 9. The maximum atomic E-state index is 14.0. The van der Waals surface area contributed by atoms with Gasteiger partial charge in [-0.15, -0.1) is 0 Å². The predicted molar refractivity (Wildman–Crippen MR) is 135 cm³/mol. The van der Waals surface area contributed by atoms with Crippen LogP contribution in [0.2, 0.25) is 0 Å². The number of ether oxygens (including phenoxy) is 1. The van der Waals surface area contributed by atoms with Crippen molar-refractivity contribution in [2.24, 2.45) is 5.73 Å². The lowest BCUT2D eigenvalue weighted by Gasteiger charge is -2.32. The van der Waals surface area contributed by atoms with Crippen molar-refractivity contribution in [2.75, 3.05) is 36.9 Å². The van der Waals surface area contributed by atoms with E-state index < -0.39 is 47.3 Å². The monoisotopic (exact) mass is 592 g/mol. The van der Waals surface area contributed by atoms with Crippen LogP contribution in [0.15, 0.2) is 41.1 Å². The van der Waals surface area contributed by atoms with Crippen LogP contribution in [0, 0.1) is 5.82 Å². The first kappa shape index (κ1) is 28.4. The zero-order valence-electron chi connectivity index (χ0n) is 21.2. The normalized spacial score (nSPS) is 15.0. The Morgan fingerprint density at radius 3 is 2.48 bits per heavy atom. The van der Waals surface area contributed by atoms with Gasteiger partial charge in [-0.2, -0.15) is 18.3 Å². The fourth-order valence-electron chi connectivity index (χ4n) is 4.30. The van der Waals surface area contributed by atoms with Crippen molar-refractivity contribution in [1.82, 2.24) is 24.8 Å². The van der Waals surface area contributed by atoms with Gasteiger partial charge in [0.2, 0.25) is 5.88 Å². The quantitative estimate of drug-likeness (QED) is 0.232. The molecule has 1 saturated heterocycles. The Labute approximate surface area is 232 Å². The minimum absolute atomic E-state index is 0.00420. The van der Waals surface area contributed by atoms with E-state index in [1.165, 1.54) is 16.9 Å². The Morgan fingerprint density at radius 2 is 1.81 bits per heavy atom. The molecule has 14 nitrogen and oxygen atoms in total. The Kier molecular flexibility index (Phi) is 7.48. The highest BCUT2D eigenvalue weighted by Crippen LogP contribution is 2.32. The third-order valence-corrected chi connectivity index (χ3v) is 6.23. The van der Waals surface area contributed by atoms with E-state index in [4.69, 9.17) is 15.0 Å². The molecule has 3 aromatic heterocycles. The van der Waals surface area contributed by atoms with Gasteiger partial charge in [-0.25, -0.2) is 23.6 Å². The van der Waals surface area contributed by atoms with Gasteiger partial charge in [-0.1, -0.05) is 5.16 Å². The fourth-order valence-corrected chi connectivity index (χ4v) is 4.30. The van der Waals surface area contributed by atoms with Crippen molar-refractivity contribution in [3.63, 3.8) is 0 Å². The van der Waals surface area contributed by atoms with Crippen molar-refractivity contribution < 1.29 is 46.3 Å². The number of aromatic nitrogens is 4. The summed E-state index contributed by atoms with van der Waals surface area (Å²) < 4.78 is 64.4. The smallest absolute Gasteiger partial charge is 0.416 e. The van der Waals surface area contributed by atoms with Gasteiger partial charge in [0.05, 0.1) is 47.3 Å². The van der Waals surface area contributed by atoms with Crippen LogP contribution in [0.25, 0.3) is 22.4 Å². The average molecular weight is 592 g/mol. The molecule has 5 rings (SSSR count). The summed E-state index contributed by atoms with van der Waals surface area (Å²) in [5, 5.41) is 22.0. The number of nitrogens with one attached hydrogen (secondary N) is 2. The summed E-state index contributed by atoms with van der Waals surface area (Å²) in [7, 11) is 0. The predicted octanol–water partition coefficient (Wildman–Crippen LogP) is 2.90. The minimum Gasteiger partial charge on any atom is -0.478 e. The summed E-state index contributed by atoms with van der Waals surface area (Å²) in [6, 6.07) is 2.67. The highest BCUT2D eigenvalue weighted by atomic mass is 19.4. The number of alkyl halides is 3. The summed E-state index contributed by atoms with van der Waals surface area (Å²) in [5.74, 6) is -3.54. The number of nitrogens with zero attached hydrogens (tertiary/aromatic N) is 5. The van der Waals surface area contributed by atoms with E-state index in [0.29, 0.717) is 44.5 Å². The number of carbonyl (C=O) groups is 3. The number of anilines is 2. The van der Waals surface area contributed by atoms with Gasteiger partial charge in [0, 0.05) is 19.2 Å². The Bertz CT molecular complexity index is 1680. The first-order valence-corrected chi connectivity index (χ1v) is 12.1. The molecule has 1 aliphatic rings. The molecule has 220 valence electrons. The summed E-state index contributed by atoms with van der Waals surface area (Å²) in [4.78, 5) is 42.9. The van der Waals surface area contributed by atoms with Crippen molar-refractivity contribution in [1.29, 1.82) is 0 Å². The number of amides is 3. The number of aromatic carboxylic acids is 1. The van der Waals surface area contributed by atoms with Gasteiger partial charge >= 0.3 is 18.2 Å². The fraction of sp³-hybridized carbons (Fsp3) is 0.250. The van der Waals surface area contributed by atoms with E-state index in [1.54, 1.807) is 4.90 Å². The largest absolute Gasteiger partial charge is 0.478 e. The number of nitrogens with two attached hydrogens (primary N) is 1. The number of benzene rings is 1. The van der Waals surface area contributed by atoms with Crippen molar-refractivity contribution in [2.45, 2.75) is 12.3 Å². The van der Waals surface area contributed by atoms with Gasteiger partial charge in [0.15, 0.2) is 11.8 Å². The van der Waals surface area contributed by atoms with Crippen molar-refractivity contribution in [3.8, 4) is 11.4 Å². The number of pyridine rings is 1. The molecule has 1 atom stereocenters. The maximum Gasteiger partial charge on any atom is 0.416 e. The molecule has 3 amide bonds. The molecule has 0 spiro atoms. The van der Waals surface area contributed by atoms with Gasteiger partial charge in [-0.3, -0.25) is 15.0 Å². The molecule has 1 unspecified atom stereocenters. The second kappa shape index (κ2) is 11.1. The van der Waals surface area contributed by atoms with Crippen LogP contribution in [0.3, 0.4) is 0 Å². The summed E-state index contributed by atoms with van der Waals surface area (Å²) >= 11 is 0. The Morgan fingerprint density at radius 1 is 1.07 bits per heavy atom. The number of urea groups is 1. The molecule has 4 heterocycles. The van der Waals surface area contributed by atoms with Crippen LogP contribution in [0.5, 0.6) is 0 Å². The van der Waals surface area contributed by atoms with E-state index in [0.717, 1.165) is 6.07 Å². The van der Waals surface area contributed by atoms with E-state index in [-0.39, 0.29) is 33.9 Å². The molecule has 18 heteroatoms. The molecule has 1 aliphatic heterocycles. The molecule has 5 N–H and O–H groups in total.